The van der Waals surface area contributed by atoms with Gasteiger partial charge < -0.3 is 10.1 Å². The number of amides is 1. The summed E-state index contributed by atoms with van der Waals surface area (Å²) in [5.74, 6) is -0.591. The van der Waals surface area contributed by atoms with E-state index in [4.69, 9.17) is 4.74 Å². The number of aryl methyl sites for hydroxylation is 1. The first kappa shape index (κ1) is 21.2. The average molecular weight is 478 g/mol. The van der Waals surface area contributed by atoms with E-state index in [2.05, 4.69) is 26.2 Å². The molecule has 9 heteroatoms. The molecule has 3 rings (SSSR count). The van der Waals surface area contributed by atoms with E-state index in [1.165, 1.54) is 10.9 Å². The van der Waals surface area contributed by atoms with Gasteiger partial charge in [0.1, 0.15) is 16.3 Å². The molecule has 152 valence electrons. The third-order valence-electron chi connectivity index (χ3n) is 4.09. The Morgan fingerprint density at radius 2 is 1.97 bits per heavy atom. The lowest BCUT2D eigenvalue weighted by atomic mass is 10.2. The number of nitrogens with one attached hydrogen (secondary N) is 1. The molecule has 29 heavy (non-hydrogen) atoms. The highest BCUT2D eigenvalue weighted by Gasteiger charge is 2.21. The molecule has 0 unspecified atom stereocenters. The molecule has 0 saturated heterocycles. The standard InChI is InChI=1S/C20H20BrN3O4S/c1-11(2)9-28-20(27)17-12(3)16-18(29-17)22-10-24(19(16)26)8-15(25)23-14-6-4-13(21)5-7-14/h4-7,10-11H,8-9H2,1-3H3,(H,23,25). The number of carbonyl (C=O) groups excluding carboxylic acids is 2. The van der Waals surface area contributed by atoms with Crippen LogP contribution < -0.4 is 10.9 Å². The van der Waals surface area contributed by atoms with Gasteiger partial charge in [0.25, 0.3) is 5.56 Å². The number of hydrogen-bond acceptors (Lipinski definition) is 6. The number of rotatable bonds is 6. The predicted octanol–water partition coefficient (Wildman–Crippen LogP) is 3.98. The van der Waals surface area contributed by atoms with Gasteiger partial charge in [-0.2, -0.15) is 0 Å². The Bertz CT molecular complexity index is 1120. The lowest BCUT2D eigenvalue weighted by Gasteiger charge is -2.07. The van der Waals surface area contributed by atoms with Gasteiger partial charge in [0.15, 0.2) is 0 Å². The van der Waals surface area contributed by atoms with E-state index >= 15 is 0 Å². The van der Waals surface area contributed by atoms with Crippen molar-refractivity contribution in [2.24, 2.45) is 5.92 Å². The molecular formula is C20H20BrN3O4S. The minimum Gasteiger partial charge on any atom is -0.461 e. The van der Waals surface area contributed by atoms with E-state index in [0.717, 1.165) is 15.8 Å². The van der Waals surface area contributed by atoms with Gasteiger partial charge in [-0.3, -0.25) is 14.2 Å². The Kier molecular flexibility index (Phi) is 6.49. The van der Waals surface area contributed by atoms with Crippen LogP contribution in [0.1, 0.15) is 29.1 Å². The summed E-state index contributed by atoms with van der Waals surface area (Å²) in [7, 11) is 0. The summed E-state index contributed by atoms with van der Waals surface area (Å²) >= 11 is 4.46. The molecule has 3 aromatic rings. The molecule has 0 aliphatic heterocycles. The monoisotopic (exact) mass is 477 g/mol. The minimum atomic E-state index is -0.460. The molecule has 7 nitrogen and oxygen atoms in total. The fourth-order valence-electron chi connectivity index (χ4n) is 2.66. The minimum absolute atomic E-state index is 0.180. The fourth-order valence-corrected chi connectivity index (χ4v) is 3.96. The largest absolute Gasteiger partial charge is 0.461 e. The zero-order valence-electron chi connectivity index (χ0n) is 16.2. The third-order valence-corrected chi connectivity index (χ3v) is 5.80. The number of hydrogen-bond donors (Lipinski definition) is 1. The van der Waals surface area contributed by atoms with Crippen molar-refractivity contribution in [3.63, 3.8) is 0 Å². The van der Waals surface area contributed by atoms with E-state index in [9.17, 15) is 14.4 Å². The Morgan fingerprint density at radius 1 is 1.28 bits per heavy atom. The van der Waals surface area contributed by atoms with Gasteiger partial charge in [-0.1, -0.05) is 29.8 Å². The summed E-state index contributed by atoms with van der Waals surface area (Å²) in [6, 6.07) is 7.13. The van der Waals surface area contributed by atoms with Crippen molar-refractivity contribution < 1.29 is 14.3 Å². The molecule has 0 atom stereocenters. The summed E-state index contributed by atoms with van der Waals surface area (Å²) in [6.07, 6.45) is 1.32. The van der Waals surface area contributed by atoms with Gasteiger partial charge in [0.05, 0.1) is 18.3 Å². The first-order chi connectivity index (χ1) is 13.8. The van der Waals surface area contributed by atoms with Gasteiger partial charge in [-0.25, -0.2) is 9.78 Å². The second kappa shape index (κ2) is 8.87. The number of fused-ring (bicyclic) bond motifs is 1. The second-order valence-electron chi connectivity index (χ2n) is 6.96. The number of halogens is 1. The van der Waals surface area contributed by atoms with Crippen LogP contribution in [0.2, 0.25) is 0 Å². The molecule has 1 aromatic carbocycles. The van der Waals surface area contributed by atoms with E-state index in [1.807, 2.05) is 26.0 Å². The number of esters is 1. The molecule has 0 saturated carbocycles. The van der Waals surface area contributed by atoms with E-state index in [0.29, 0.717) is 33.0 Å². The van der Waals surface area contributed by atoms with Crippen LogP contribution in [0.4, 0.5) is 5.69 Å². The van der Waals surface area contributed by atoms with Crippen LogP contribution in [-0.2, 0) is 16.1 Å². The first-order valence-corrected chi connectivity index (χ1v) is 10.6. The maximum atomic E-state index is 12.9. The van der Waals surface area contributed by atoms with Crippen molar-refractivity contribution in [2.45, 2.75) is 27.3 Å². The second-order valence-corrected chi connectivity index (χ2v) is 8.88. The SMILES string of the molecule is Cc1c(C(=O)OCC(C)C)sc2ncn(CC(=O)Nc3ccc(Br)cc3)c(=O)c12. The van der Waals surface area contributed by atoms with Crippen molar-refractivity contribution in [3.8, 4) is 0 Å². The lowest BCUT2D eigenvalue weighted by molar-refractivity contribution is -0.116. The van der Waals surface area contributed by atoms with Crippen LogP contribution in [0.15, 0.2) is 39.9 Å². The Morgan fingerprint density at radius 3 is 2.62 bits per heavy atom. The molecule has 1 amide bonds. The van der Waals surface area contributed by atoms with Crippen LogP contribution in [0, 0.1) is 12.8 Å². The smallest absolute Gasteiger partial charge is 0.348 e. The molecular weight excluding hydrogens is 458 g/mol. The molecule has 2 heterocycles. The van der Waals surface area contributed by atoms with Crippen LogP contribution in [0.3, 0.4) is 0 Å². The van der Waals surface area contributed by atoms with Gasteiger partial charge in [-0.05, 0) is 42.7 Å². The van der Waals surface area contributed by atoms with E-state index < -0.39 is 5.97 Å². The number of nitrogens with zero attached hydrogens (tertiary/aromatic N) is 2. The van der Waals surface area contributed by atoms with Crippen LogP contribution in [0.5, 0.6) is 0 Å². The highest BCUT2D eigenvalue weighted by atomic mass is 79.9. The highest BCUT2D eigenvalue weighted by molar-refractivity contribution is 9.10. The Labute approximate surface area is 179 Å². The van der Waals surface area contributed by atoms with Crippen molar-refractivity contribution >= 4 is 55.0 Å². The Balaban J connectivity index is 1.83. The lowest BCUT2D eigenvalue weighted by Crippen LogP contribution is -2.27. The van der Waals surface area contributed by atoms with Crippen molar-refractivity contribution in [1.29, 1.82) is 0 Å². The van der Waals surface area contributed by atoms with Gasteiger partial charge in [0.2, 0.25) is 5.91 Å². The quantitative estimate of drug-likeness (QED) is 0.542. The molecule has 0 radical (unpaired) electrons. The third kappa shape index (κ3) is 4.91. The first-order valence-electron chi connectivity index (χ1n) is 8.97. The number of aromatic nitrogens is 2. The van der Waals surface area contributed by atoms with Crippen LogP contribution in [0.25, 0.3) is 10.2 Å². The summed E-state index contributed by atoms with van der Waals surface area (Å²) in [6.45, 7) is 5.72. The van der Waals surface area contributed by atoms with E-state index in [-0.39, 0.29) is 23.9 Å². The maximum Gasteiger partial charge on any atom is 0.348 e. The van der Waals surface area contributed by atoms with Gasteiger partial charge in [0, 0.05) is 10.2 Å². The molecule has 0 spiro atoms. The number of anilines is 1. The summed E-state index contributed by atoms with van der Waals surface area (Å²) in [4.78, 5) is 42.6. The van der Waals surface area contributed by atoms with E-state index in [1.54, 1.807) is 19.1 Å². The van der Waals surface area contributed by atoms with Gasteiger partial charge >= 0.3 is 5.97 Å². The topological polar surface area (TPSA) is 90.3 Å². The highest BCUT2D eigenvalue weighted by Crippen LogP contribution is 2.27. The predicted molar refractivity (Wildman–Crippen MR) is 117 cm³/mol. The molecule has 0 aliphatic rings. The summed E-state index contributed by atoms with van der Waals surface area (Å²) < 4.78 is 7.41. The normalized spacial score (nSPS) is 11.1. The maximum absolute atomic E-state index is 12.9. The summed E-state index contributed by atoms with van der Waals surface area (Å²) in [5.41, 5.74) is 0.790. The molecule has 0 fully saturated rings. The number of carbonyl (C=O) groups is 2. The molecule has 0 bridgehead atoms. The Hall–Kier alpha value is -2.52. The average Bonchev–Trinajstić information content (AvgIpc) is 3.01. The van der Waals surface area contributed by atoms with Crippen molar-refractivity contribution in [2.75, 3.05) is 11.9 Å². The molecule has 2 aromatic heterocycles. The van der Waals surface area contributed by atoms with Gasteiger partial charge in [-0.15, -0.1) is 11.3 Å². The molecule has 0 aliphatic carbocycles. The number of ether oxygens (including phenoxy) is 1. The summed E-state index contributed by atoms with van der Waals surface area (Å²) in [5, 5.41) is 3.08. The van der Waals surface area contributed by atoms with Crippen molar-refractivity contribution in [3.05, 3.63) is 55.9 Å². The zero-order valence-corrected chi connectivity index (χ0v) is 18.6. The van der Waals surface area contributed by atoms with Crippen LogP contribution in [-0.4, -0.2) is 28.0 Å². The number of thiophene rings is 1. The fraction of sp³-hybridized carbons (Fsp3) is 0.300. The number of benzene rings is 1. The zero-order chi connectivity index (χ0) is 21.1. The van der Waals surface area contributed by atoms with Crippen molar-refractivity contribution in [1.82, 2.24) is 9.55 Å². The van der Waals surface area contributed by atoms with Crippen LogP contribution >= 0.6 is 27.3 Å². The molecule has 1 N–H and O–H groups in total.